The van der Waals surface area contributed by atoms with Gasteiger partial charge in [0.1, 0.15) is 17.7 Å². The van der Waals surface area contributed by atoms with Gasteiger partial charge in [0.2, 0.25) is 0 Å². The number of rotatable bonds is 4. The number of H-pyrrole nitrogens is 1. The third-order valence-electron chi connectivity index (χ3n) is 7.08. The SMILES string of the molecule is O=C(c1cnc(C(F)(F)F)cn1)N1CCC(N2CC(n3ccc(-c4ncnc5[nH]ccc45)c3)C2)CC1. The van der Waals surface area contributed by atoms with Gasteiger partial charge >= 0.3 is 6.18 Å². The zero-order valence-corrected chi connectivity index (χ0v) is 19.2. The summed E-state index contributed by atoms with van der Waals surface area (Å²) in [5, 5.41) is 0.995. The number of nitrogens with zero attached hydrogens (tertiary/aromatic N) is 7. The molecule has 2 fully saturated rings. The Morgan fingerprint density at radius 3 is 2.53 bits per heavy atom. The molecule has 1 amide bonds. The van der Waals surface area contributed by atoms with Crippen molar-refractivity contribution in [2.75, 3.05) is 26.2 Å². The third-order valence-corrected chi connectivity index (χ3v) is 7.08. The zero-order chi connectivity index (χ0) is 24.9. The number of halogens is 3. The molecule has 1 N–H and O–H groups in total. The first-order valence-corrected chi connectivity index (χ1v) is 11.8. The maximum atomic E-state index is 12.7. The number of carbonyl (C=O) groups excluding carboxylic acids is 1. The Hall–Kier alpha value is -3.80. The summed E-state index contributed by atoms with van der Waals surface area (Å²) < 4.78 is 40.3. The molecule has 0 radical (unpaired) electrons. The molecule has 2 aliphatic heterocycles. The van der Waals surface area contributed by atoms with Crippen LogP contribution in [-0.4, -0.2) is 77.4 Å². The summed E-state index contributed by atoms with van der Waals surface area (Å²) >= 11 is 0. The fourth-order valence-corrected chi connectivity index (χ4v) is 5.04. The van der Waals surface area contributed by atoms with Crippen LogP contribution in [0.3, 0.4) is 0 Å². The molecule has 36 heavy (non-hydrogen) atoms. The van der Waals surface area contributed by atoms with E-state index in [1.165, 1.54) is 0 Å². The lowest BCUT2D eigenvalue weighted by Gasteiger charge is -2.47. The fourth-order valence-electron chi connectivity index (χ4n) is 5.04. The molecule has 186 valence electrons. The smallest absolute Gasteiger partial charge is 0.348 e. The maximum Gasteiger partial charge on any atom is 0.434 e. The lowest BCUT2D eigenvalue weighted by atomic mass is 9.97. The number of aromatic amines is 1. The molecule has 2 saturated heterocycles. The number of piperidine rings is 1. The molecule has 0 aromatic carbocycles. The van der Waals surface area contributed by atoms with Crippen molar-refractivity contribution in [2.24, 2.45) is 0 Å². The van der Waals surface area contributed by atoms with E-state index in [0.717, 1.165) is 54.4 Å². The normalized spacial score (nSPS) is 18.0. The van der Waals surface area contributed by atoms with E-state index in [-0.39, 0.29) is 11.6 Å². The van der Waals surface area contributed by atoms with Gasteiger partial charge in [0.05, 0.1) is 24.1 Å². The average Bonchev–Trinajstić information content (AvgIpc) is 3.53. The van der Waals surface area contributed by atoms with E-state index in [0.29, 0.717) is 31.4 Å². The highest BCUT2D eigenvalue weighted by atomic mass is 19.4. The summed E-state index contributed by atoms with van der Waals surface area (Å²) in [6, 6.07) is 4.81. The van der Waals surface area contributed by atoms with E-state index in [4.69, 9.17) is 0 Å². The molecule has 0 saturated carbocycles. The van der Waals surface area contributed by atoms with Crippen molar-refractivity contribution >= 4 is 16.9 Å². The predicted octanol–water partition coefficient (Wildman–Crippen LogP) is 3.40. The fraction of sp³-hybridized carbons (Fsp3) is 0.375. The summed E-state index contributed by atoms with van der Waals surface area (Å²) in [4.78, 5) is 35.6. The second kappa shape index (κ2) is 8.70. The molecular weight excluding hydrogens is 473 g/mol. The number of hydrogen-bond acceptors (Lipinski definition) is 6. The Balaban J connectivity index is 1.03. The van der Waals surface area contributed by atoms with Gasteiger partial charge in [0.25, 0.3) is 5.91 Å². The van der Waals surface area contributed by atoms with Crippen molar-refractivity contribution in [3.8, 4) is 11.3 Å². The van der Waals surface area contributed by atoms with Crippen molar-refractivity contribution in [3.05, 3.63) is 60.8 Å². The van der Waals surface area contributed by atoms with Crippen LogP contribution < -0.4 is 0 Å². The van der Waals surface area contributed by atoms with Gasteiger partial charge in [-0.15, -0.1) is 0 Å². The number of alkyl halides is 3. The van der Waals surface area contributed by atoms with Crippen molar-refractivity contribution < 1.29 is 18.0 Å². The first-order valence-electron chi connectivity index (χ1n) is 11.8. The van der Waals surface area contributed by atoms with Gasteiger partial charge in [0.15, 0.2) is 5.69 Å². The summed E-state index contributed by atoms with van der Waals surface area (Å²) in [5.74, 6) is -0.378. The quantitative estimate of drug-likeness (QED) is 0.465. The summed E-state index contributed by atoms with van der Waals surface area (Å²) in [6.07, 6.45) is 6.22. The van der Waals surface area contributed by atoms with Crippen LogP contribution in [0.4, 0.5) is 13.2 Å². The molecule has 0 aliphatic carbocycles. The molecule has 4 aromatic rings. The van der Waals surface area contributed by atoms with Crippen LogP contribution in [0, 0.1) is 0 Å². The van der Waals surface area contributed by atoms with Gasteiger partial charge in [-0.05, 0) is 25.0 Å². The molecule has 2 aliphatic rings. The van der Waals surface area contributed by atoms with Gasteiger partial charge < -0.3 is 14.5 Å². The first kappa shape index (κ1) is 22.7. The predicted molar refractivity (Wildman–Crippen MR) is 124 cm³/mol. The minimum Gasteiger partial charge on any atom is -0.348 e. The Morgan fingerprint density at radius 2 is 1.81 bits per heavy atom. The van der Waals surface area contributed by atoms with E-state index in [2.05, 4.69) is 52.8 Å². The molecule has 4 aromatic heterocycles. The molecule has 6 rings (SSSR count). The van der Waals surface area contributed by atoms with Crippen LogP contribution in [0.2, 0.25) is 0 Å². The minimum absolute atomic E-state index is 0.0607. The Bertz CT molecular complexity index is 1380. The molecule has 0 spiro atoms. The van der Waals surface area contributed by atoms with Gasteiger partial charge in [-0.3, -0.25) is 9.69 Å². The van der Waals surface area contributed by atoms with Crippen LogP contribution in [0.25, 0.3) is 22.3 Å². The summed E-state index contributed by atoms with van der Waals surface area (Å²) in [7, 11) is 0. The lowest BCUT2D eigenvalue weighted by molar-refractivity contribution is -0.141. The Labute approximate surface area is 204 Å². The standard InChI is InChI=1S/C24H23F3N8O/c25-24(26,27)20-10-29-19(9-30-20)23(36)33-7-3-16(4-8-33)35-12-17(13-35)34-6-2-15(11-34)21-18-1-5-28-22(18)32-14-31-21/h1-2,5-6,9-11,14,16-17H,3-4,7-8,12-13H2,(H,28,31,32). The van der Waals surface area contributed by atoms with Crippen LogP contribution in [0.5, 0.6) is 0 Å². The van der Waals surface area contributed by atoms with Gasteiger partial charge in [-0.25, -0.2) is 19.9 Å². The number of aromatic nitrogens is 6. The van der Waals surface area contributed by atoms with E-state index < -0.39 is 11.9 Å². The van der Waals surface area contributed by atoms with Crippen LogP contribution in [-0.2, 0) is 6.18 Å². The average molecular weight is 496 g/mol. The molecule has 0 atom stereocenters. The molecule has 0 unspecified atom stereocenters. The molecule has 12 heteroatoms. The Kier molecular flexibility index (Phi) is 5.47. The first-order chi connectivity index (χ1) is 17.4. The van der Waals surface area contributed by atoms with Gasteiger partial charge in [-0.2, -0.15) is 13.2 Å². The molecule has 0 bridgehead atoms. The van der Waals surface area contributed by atoms with Gasteiger partial charge in [-0.1, -0.05) is 0 Å². The number of carbonyl (C=O) groups is 1. The second-order valence-corrected chi connectivity index (χ2v) is 9.23. The van der Waals surface area contributed by atoms with Crippen molar-refractivity contribution in [2.45, 2.75) is 31.1 Å². The highest BCUT2D eigenvalue weighted by molar-refractivity contribution is 5.92. The Morgan fingerprint density at radius 1 is 1.00 bits per heavy atom. The zero-order valence-electron chi connectivity index (χ0n) is 19.2. The van der Waals surface area contributed by atoms with E-state index in [1.54, 1.807) is 11.2 Å². The maximum absolute atomic E-state index is 12.7. The third kappa shape index (κ3) is 4.11. The van der Waals surface area contributed by atoms with Crippen LogP contribution in [0.15, 0.2) is 49.4 Å². The number of hydrogen-bond donors (Lipinski definition) is 1. The minimum atomic E-state index is -4.57. The highest BCUT2D eigenvalue weighted by Crippen LogP contribution is 2.32. The van der Waals surface area contributed by atoms with Crippen molar-refractivity contribution in [1.82, 2.24) is 39.3 Å². The van der Waals surface area contributed by atoms with E-state index >= 15 is 0 Å². The van der Waals surface area contributed by atoms with E-state index in [9.17, 15) is 18.0 Å². The number of amides is 1. The summed E-state index contributed by atoms with van der Waals surface area (Å²) in [6.45, 7) is 2.95. The van der Waals surface area contributed by atoms with Crippen molar-refractivity contribution in [3.63, 3.8) is 0 Å². The van der Waals surface area contributed by atoms with Crippen molar-refractivity contribution in [1.29, 1.82) is 0 Å². The number of likely N-dealkylation sites (tertiary alicyclic amines) is 2. The van der Waals surface area contributed by atoms with Crippen LogP contribution >= 0.6 is 0 Å². The monoisotopic (exact) mass is 496 g/mol. The highest BCUT2D eigenvalue weighted by Gasteiger charge is 2.36. The number of nitrogens with one attached hydrogen (secondary N) is 1. The lowest BCUT2D eigenvalue weighted by Crippen LogP contribution is -2.56. The second-order valence-electron chi connectivity index (χ2n) is 9.23. The van der Waals surface area contributed by atoms with Crippen LogP contribution in [0.1, 0.15) is 35.1 Å². The number of fused-ring (bicyclic) bond motifs is 1. The van der Waals surface area contributed by atoms with Gasteiger partial charge in [0, 0.05) is 61.8 Å². The summed E-state index contributed by atoms with van der Waals surface area (Å²) in [5.41, 5.74) is 1.62. The molecular formula is C24H23F3N8O. The molecule has 6 heterocycles. The topological polar surface area (TPSA) is 95.8 Å². The largest absolute Gasteiger partial charge is 0.434 e. The molecule has 9 nitrogen and oxygen atoms in total. The van der Waals surface area contributed by atoms with E-state index in [1.807, 2.05) is 12.3 Å².